The molecule has 0 spiro atoms. The highest BCUT2D eigenvalue weighted by Crippen LogP contribution is 2.35. The van der Waals surface area contributed by atoms with Gasteiger partial charge in [-0.25, -0.2) is 27.2 Å². The molecule has 1 aliphatic rings. The fraction of sp³-hybridized carbons (Fsp3) is 0.333. The Balaban J connectivity index is 1.62. The first-order chi connectivity index (χ1) is 15.9. The quantitative estimate of drug-likeness (QED) is 0.469. The molecule has 16 heteroatoms. The Morgan fingerprint density at radius 1 is 1.26 bits per heavy atom. The summed E-state index contributed by atoms with van der Waals surface area (Å²) in [6.07, 6.45) is -1.55. The van der Waals surface area contributed by atoms with Crippen LogP contribution in [0.15, 0.2) is 18.3 Å². The molecule has 0 bridgehead atoms. The second kappa shape index (κ2) is 8.95. The summed E-state index contributed by atoms with van der Waals surface area (Å²) in [6.45, 7) is 0.661. The van der Waals surface area contributed by atoms with E-state index in [1.165, 1.54) is 18.3 Å². The number of rotatable bonds is 7. The zero-order valence-corrected chi connectivity index (χ0v) is 20.1. The third-order valence-electron chi connectivity index (χ3n) is 4.53. The van der Waals surface area contributed by atoms with Crippen LogP contribution in [0.3, 0.4) is 0 Å². The minimum absolute atomic E-state index is 0.0604. The molecule has 3 aromatic heterocycles. The van der Waals surface area contributed by atoms with E-state index in [0.717, 1.165) is 4.52 Å². The molecule has 1 fully saturated rings. The highest BCUT2D eigenvalue weighted by atomic mass is 35.5. The van der Waals surface area contributed by atoms with Crippen LogP contribution in [0.5, 0.6) is 17.5 Å². The first-order valence-corrected chi connectivity index (χ1v) is 12.3. The average Bonchev–Trinajstić information content (AvgIpc) is 3.02. The summed E-state index contributed by atoms with van der Waals surface area (Å²) in [4.78, 5) is 20.7. The van der Waals surface area contributed by atoms with Crippen LogP contribution in [0.1, 0.15) is 17.4 Å². The van der Waals surface area contributed by atoms with Crippen LogP contribution in [-0.2, 0) is 9.84 Å². The summed E-state index contributed by atoms with van der Waals surface area (Å²) >= 11 is 18.3. The van der Waals surface area contributed by atoms with Crippen molar-refractivity contribution in [3.05, 3.63) is 39.2 Å². The summed E-state index contributed by atoms with van der Waals surface area (Å²) in [5.74, 6) is -1.77. The highest BCUT2D eigenvalue weighted by molar-refractivity contribution is 7.93. The van der Waals surface area contributed by atoms with E-state index in [4.69, 9.17) is 44.3 Å². The van der Waals surface area contributed by atoms with Crippen molar-refractivity contribution < 1.29 is 31.5 Å². The number of imidazole rings is 1. The van der Waals surface area contributed by atoms with E-state index in [2.05, 4.69) is 20.4 Å². The summed E-state index contributed by atoms with van der Waals surface area (Å²) in [5, 5.41) is 6.56. The SMILES string of the molecule is CC1(NC(=O)c2nc3cc(Cl)c(Oc4ncc(Cl)cc4OCC(F)F)nn3c2Cl)CS(=O)(=O)C1. The monoisotopic (exact) mass is 555 g/mol. The molecule has 34 heavy (non-hydrogen) atoms. The van der Waals surface area contributed by atoms with Gasteiger partial charge in [0, 0.05) is 18.3 Å². The van der Waals surface area contributed by atoms with Crippen molar-refractivity contribution in [3.8, 4) is 17.5 Å². The maximum absolute atomic E-state index is 12.7. The van der Waals surface area contributed by atoms with Crippen molar-refractivity contribution in [2.24, 2.45) is 0 Å². The van der Waals surface area contributed by atoms with Crippen LogP contribution >= 0.6 is 34.8 Å². The predicted molar refractivity (Wildman–Crippen MR) is 118 cm³/mol. The number of amides is 1. The Labute approximate surface area is 206 Å². The van der Waals surface area contributed by atoms with Crippen LogP contribution < -0.4 is 14.8 Å². The number of alkyl halides is 2. The molecule has 0 aromatic carbocycles. The molecule has 0 aliphatic carbocycles. The number of aromatic nitrogens is 4. The molecule has 3 aromatic rings. The number of carbonyl (C=O) groups excluding carboxylic acids is 1. The Morgan fingerprint density at radius 3 is 2.62 bits per heavy atom. The minimum atomic E-state index is -3.19. The van der Waals surface area contributed by atoms with E-state index < -0.39 is 34.3 Å². The van der Waals surface area contributed by atoms with Gasteiger partial charge in [0.25, 0.3) is 24.1 Å². The molecule has 0 atom stereocenters. The van der Waals surface area contributed by atoms with Gasteiger partial charge in [-0.1, -0.05) is 34.8 Å². The molecule has 1 saturated heterocycles. The maximum Gasteiger partial charge on any atom is 0.273 e. The van der Waals surface area contributed by atoms with E-state index >= 15 is 0 Å². The van der Waals surface area contributed by atoms with Gasteiger partial charge in [0.2, 0.25) is 0 Å². The van der Waals surface area contributed by atoms with Gasteiger partial charge in [-0.3, -0.25) is 4.79 Å². The maximum atomic E-state index is 12.7. The van der Waals surface area contributed by atoms with Gasteiger partial charge in [-0.05, 0) is 6.92 Å². The Morgan fingerprint density at radius 2 is 1.97 bits per heavy atom. The lowest BCUT2D eigenvalue weighted by Crippen LogP contribution is -2.63. The Kier molecular flexibility index (Phi) is 6.48. The molecule has 4 rings (SSSR count). The summed E-state index contributed by atoms with van der Waals surface area (Å²) < 4.78 is 59.6. The number of carbonyl (C=O) groups is 1. The van der Waals surface area contributed by atoms with E-state index in [-0.39, 0.29) is 55.6 Å². The van der Waals surface area contributed by atoms with Crippen LogP contribution in [0.2, 0.25) is 15.2 Å². The number of nitrogens with one attached hydrogen (secondary N) is 1. The first kappa shape index (κ1) is 24.6. The smallest absolute Gasteiger partial charge is 0.273 e. The lowest BCUT2D eigenvalue weighted by Gasteiger charge is -2.38. The number of hydrogen-bond donors (Lipinski definition) is 1. The standard InChI is InChI=1S/C18H14Cl3F2N5O5S/c1-18(6-34(30,31)7-18)26-15(29)13-14(21)28-12(25-13)3-9(20)16(27-28)33-17-10(32-5-11(22)23)2-8(19)4-24-17/h2-4,11H,5-7H2,1H3,(H,26,29). The summed E-state index contributed by atoms with van der Waals surface area (Å²) in [6, 6.07) is 2.53. The van der Waals surface area contributed by atoms with Crippen LogP contribution in [-0.4, -0.2) is 64.0 Å². The van der Waals surface area contributed by atoms with Crippen LogP contribution in [0.4, 0.5) is 8.78 Å². The van der Waals surface area contributed by atoms with Gasteiger partial charge >= 0.3 is 0 Å². The first-order valence-electron chi connectivity index (χ1n) is 9.38. The van der Waals surface area contributed by atoms with E-state index in [0.29, 0.717) is 0 Å². The zero-order chi connectivity index (χ0) is 24.8. The molecule has 0 radical (unpaired) electrons. The van der Waals surface area contributed by atoms with E-state index in [1.54, 1.807) is 6.92 Å². The van der Waals surface area contributed by atoms with Crippen molar-refractivity contribution in [1.29, 1.82) is 0 Å². The van der Waals surface area contributed by atoms with Gasteiger partial charge < -0.3 is 14.8 Å². The average molecular weight is 557 g/mol. The molecule has 4 heterocycles. The molecule has 182 valence electrons. The Bertz CT molecular complexity index is 1390. The third-order valence-corrected chi connectivity index (χ3v) is 7.50. The lowest BCUT2D eigenvalue weighted by atomic mass is 10.1. The number of sulfone groups is 1. The lowest BCUT2D eigenvalue weighted by molar-refractivity contribution is 0.0803. The van der Waals surface area contributed by atoms with Gasteiger partial charge in [0.05, 0.1) is 22.1 Å². The number of hydrogen-bond acceptors (Lipinski definition) is 8. The molecule has 1 aliphatic heterocycles. The molecule has 10 nitrogen and oxygen atoms in total. The predicted octanol–water partition coefficient (Wildman–Crippen LogP) is 3.44. The van der Waals surface area contributed by atoms with Gasteiger partial charge in [0.1, 0.15) is 11.6 Å². The number of nitrogens with zero attached hydrogens (tertiary/aromatic N) is 4. The zero-order valence-electron chi connectivity index (χ0n) is 17.1. The van der Waals surface area contributed by atoms with Crippen molar-refractivity contribution in [2.75, 3.05) is 18.1 Å². The normalized spacial score (nSPS) is 16.3. The second-order valence-corrected chi connectivity index (χ2v) is 10.9. The fourth-order valence-corrected chi connectivity index (χ4v) is 5.87. The van der Waals surface area contributed by atoms with Crippen molar-refractivity contribution in [3.63, 3.8) is 0 Å². The fourth-order valence-electron chi connectivity index (χ4n) is 3.29. The molecular formula is C18H14Cl3F2N5O5S. The van der Waals surface area contributed by atoms with Crippen molar-refractivity contribution in [1.82, 2.24) is 24.9 Å². The van der Waals surface area contributed by atoms with E-state index in [9.17, 15) is 22.0 Å². The molecular weight excluding hydrogens is 543 g/mol. The molecule has 1 N–H and O–H groups in total. The van der Waals surface area contributed by atoms with Crippen LogP contribution in [0.25, 0.3) is 5.65 Å². The van der Waals surface area contributed by atoms with Crippen LogP contribution in [0, 0.1) is 0 Å². The topological polar surface area (TPSA) is 125 Å². The summed E-state index contributed by atoms with van der Waals surface area (Å²) in [5.41, 5.74) is -1.06. The van der Waals surface area contributed by atoms with Gasteiger partial charge in [0.15, 0.2) is 32.1 Å². The molecule has 1 amide bonds. The second-order valence-electron chi connectivity index (χ2n) is 7.63. The number of ether oxygens (including phenoxy) is 2. The molecule has 0 unspecified atom stereocenters. The van der Waals surface area contributed by atoms with Gasteiger partial charge in [-0.15, -0.1) is 5.10 Å². The third kappa shape index (κ3) is 5.11. The van der Waals surface area contributed by atoms with Crippen molar-refractivity contribution >= 4 is 56.2 Å². The number of fused-ring (bicyclic) bond motifs is 1. The number of halogens is 5. The number of pyridine rings is 1. The van der Waals surface area contributed by atoms with Crippen molar-refractivity contribution in [2.45, 2.75) is 18.9 Å². The summed E-state index contributed by atoms with van der Waals surface area (Å²) in [7, 11) is -3.19. The van der Waals surface area contributed by atoms with E-state index in [1.807, 2.05) is 0 Å². The highest BCUT2D eigenvalue weighted by Gasteiger charge is 2.46. The minimum Gasteiger partial charge on any atom is -0.482 e. The largest absolute Gasteiger partial charge is 0.482 e. The Hall–Kier alpha value is -2.48. The van der Waals surface area contributed by atoms with Gasteiger partial charge in [-0.2, -0.15) is 4.52 Å². The molecule has 0 saturated carbocycles.